The number of aliphatic imine (C=N–C) groups is 1. The Morgan fingerprint density at radius 1 is 1.13 bits per heavy atom. The summed E-state index contributed by atoms with van der Waals surface area (Å²) in [6.45, 7) is 2.52. The Bertz CT molecular complexity index is 1250. The highest BCUT2D eigenvalue weighted by atomic mass is 16.6. The first-order valence-corrected chi connectivity index (χ1v) is 9.17. The summed E-state index contributed by atoms with van der Waals surface area (Å²) in [6.07, 6.45) is 1.31. The molecule has 0 aliphatic carbocycles. The Balaban J connectivity index is 1.60. The fourth-order valence-corrected chi connectivity index (χ4v) is 2.87. The van der Waals surface area contributed by atoms with Gasteiger partial charge in [-0.05, 0) is 55.0 Å². The fraction of sp³-hybridized carbons (Fsp3) is 0.0909. The summed E-state index contributed by atoms with van der Waals surface area (Å²) in [6, 6.07) is 16.1. The fourth-order valence-electron chi connectivity index (χ4n) is 2.87. The molecule has 0 radical (unpaired) electrons. The average molecular weight is 402 g/mol. The van der Waals surface area contributed by atoms with E-state index in [2.05, 4.69) is 9.98 Å². The van der Waals surface area contributed by atoms with Crippen LogP contribution in [-0.2, 0) is 0 Å². The number of ether oxygens (including phenoxy) is 1. The Morgan fingerprint density at radius 2 is 1.93 bits per heavy atom. The summed E-state index contributed by atoms with van der Waals surface area (Å²) in [5, 5.41) is 22.8. The number of oxazole rings is 1. The van der Waals surface area contributed by atoms with Gasteiger partial charge in [0.15, 0.2) is 5.58 Å². The molecule has 8 heteroatoms. The summed E-state index contributed by atoms with van der Waals surface area (Å²) < 4.78 is 11.2. The van der Waals surface area contributed by atoms with Crippen molar-refractivity contribution in [3.8, 4) is 23.0 Å². The first kappa shape index (κ1) is 19.1. The summed E-state index contributed by atoms with van der Waals surface area (Å²) >= 11 is 0. The Hall–Kier alpha value is -4.20. The number of aromatic nitrogens is 1. The van der Waals surface area contributed by atoms with E-state index in [0.717, 1.165) is 17.4 Å². The van der Waals surface area contributed by atoms with Gasteiger partial charge < -0.3 is 14.3 Å². The van der Waals surface area contributed by atoms with Crippen molar-refractivity contribution in [3.63, 3.8) is 0 Å². The van der Waals surface area contributed by atoms with Crippen LogP contribution in [-0.4, -0.2) is 22.7 Å². The van der Waals surface area contributed by atoms with Gasteiger partial charge in [0.25, 0.3) is 5.69 Å². The van der Waals surface area contributed by atoms with Crippen molar-refractivity contribution in [3.05, 3.63) is 76.3 Å². The third-order valence-corrected chi connectivity index (χ3v) is 4.34. The average Bonchev–Trinajstić information content (AvgIpc) is 3.17. The molecule has 4 rings (SSSR count). The van der Waals surface area contributed by atoms with Crippen LogP contribution in [0.5, 0.6) is 11.5 Å². The molecule has 0 N–H and O–H groups in total. The van der Waals surface area contributed by atoms with E-state index >= 15 is 0 Å². The number of rotatable bonds is 6. The van der Waals surface area contributed by atoms with Crippen molar-refractivity contribution in [1.29, 1.82) is 0 Å². The molecule has 1 aromatic heterocycles. The molecule has 0 saturated heterocycles. The van der Waals surface area contributed by atoms with Crippen LogP contribution in [0.15, 0.2) is 70.1 Å². The van der Waals surface area contributed by atoms with E-state index in [4.69, 9.17) is 9.15 Å². The maximum atomic E-state index is 11.9. The normalized spacial score (nSPS) is 11.2. The zero-order valence-electron chi connectivity index (χ0n) is 15.9. The van der Waals surface area contributed by atoms with Crippen molar-refractivity contribution < 1.29 is 19.2 Å². The van der Waals surface area contributed by atoms with Crippen LogP contribution in [0, 0.1) is 10.1 Å². The maximum Gasteiger partial charge on any atom is 0.270 e. The third kappa shape index (κ3) is 3.97. The van der Waals surface area contributed by atoms with Crippen LogP contribution in [0.1, 0.15) is 12.5 Å². The SMILES string of the molecule is CCOc1ccc(-c2nc3cc(N=Cc4cc([N+](=O)[O-])ccc4[O-])ccc3o2)cc1. The van der Waals surface area contributed by atoms with Gasteiger partial charge in [0.05, 0.1) is 17.2 Å². The molecule has 4 aromatic rings. The molecule has 0 fully saturated rings. The summed E-state index contributed by atoms with van der Waals surface area (Å²) in [4.78, 5) is 19.1. The number of fused-ring (bicyclic) bond motifs is 1. The standard InChI is InChI=1S/C22H17N3O5/c1-2-29-18-7-3-14(4-8-18)22-24-19-12-16(5-10-21(19)30-22)23-13-15-11-17(25(27)28)6-9-20(15)26/h3-13,26H,2H2,1H3/p-1. The molecule has 8 nitrogen and oxygen atoms in total. The van der Waals surface area contributed by atoms with Crippen molar-refractivity contribution in [2.75, 3.05) is 6.61 Å². The lowest BCUT2D eigenvalue weighted by atomic mass is 10.2. The number of nitro groups is 1. The molecule has 0 aliphatic heterocycles. The van der Waals surface area contributed by atoms with Crippen molar-refractivity contribution >= 4 is 28.7 Å². The van der Waals surface area contributed by atoms with Gasteiger partial charge in [0, 0.05) is 23.9 Å². The molecule has 0 spiro atoms. The molecule has 1 heterocycles. The minimum Gasteiger partial charge on any atom is -0.872 e. The first-order chi connectivity index (χ1) is 14.5. The van der Waals surface area contributed by atoms with Crippen LogP contribution < -0.4 is 9.84 Å². The summed E-state index contributed by atoms with van der Waals surface area (Å²) in [5.74, 6) is 0.896. The van der Waals surface area contributed by atoms with E-state index in [1.54, 1.807) is 18.2 Å². The second-order valence-electron chi connectivity index (χ2n) is 6.37. The molecule has 0 bridgehead atoms. The second-order valence-corrected chi connectivity index (χ2v) is 6.37. The maximum absolute atomic E-state index is 11.9. The largest absolute Gasteiger partial charge is 0.872 e. The summed E-state index contributed by atoms with van der Waals surface area (Å²) in [5.41, 5.74) is 2.53. The van der Waals surface area contributed by atoms with Gasteiger partial charge in [-0.2, -0.15) is 0 Å². The zero-order valence-corrected chi connectivity index (χ0v) is 15.9. The summed E-state index contributed by atoms with van der Waals surface area (Å²) in [7, 11) is 0. The van der Waals surface area contributed by atoms with Crippen molar-refractivity contribution in [2.24, 2.45) is 4.99 Å². The quantitative estimate of drug-likeness (QED) is 0.264. The lowest BCUT2D eigenvalue weighted by molar-refractivity contribution is -0.385. The smallest absolute Gasteiger partial charge is 0.270 e. The molecule has 0 unspecified atom stereocenters. The highest BCUT2D eigenvalue weighted by molar-refractivity contribution is 5.87. The molecule has 3 aromatic carbocycles. The number of non-ortho nitro benzene ring substituents is 1. The minimum atomic E-state index is -0.555. The van der Waals surface area contributed by atoms with Gasteiger partial charge in [-0.15, -0.1) is 0 Å². The molecule has 0 atom stereocenters. The van der Waals surface area contributed by atoms with Crippen LogP contribution in [0.25, 0.3) is 22.6 Å². The van der Waals surface area contributed by atoms with Crippen molar-refractivity contribution in [1.82, 2.24) is 4.98 Å². The van der Waals surface area contributed by atoms with E-state index < -0.39 is 4.92 Å². The highest BCUT2D eigenvalue weighted by Crippen LogP contribution is 2.28. The molecule has 0 saturated carbocycles. The molecule has 30 heavy (non-hydrogen) atoms. The number of hydrogen-bond acceptors (Lipinski definition) is 7. The molecule has 0 aliphatic rings. The van der Waals surface area contributed by atoms with Crippen molar-refractivity contribution in [2.45, 2.75) is 6.92 Å². The second kappa shape index (κ2) is 8.04. The predicted octanol–water partition coefficient (Wildman–Crippen LogP) is 4.63. The van der Waals surface area contributed by atoms with Crippen LogP contribution in [0.4, 0.5) is 11.4 Å². The Labute approximate surface area is 171 Å². The predicted molar refractivity (Wildman–Crippen MR) is 110 cm³/mol. The monoisotopic (exact) mass is 402 g/mol. The number of nitrogens with zero attached hydrogens (tertiary/aromatic N) is 3. The first-order valence-electron chi connectivity index (χ1n) is 9.17. The van der Waals surface area contributed by atoms with Crippen LogP contribution in [0.3, 0.4) is 0 Å². The van der Waals surface area contributed by atoms with Gasteiger partial charge in [-0.3, -0.25) is 15.1 Å². The third-order valence-electron chi connectivity index (χ3n) is 4.34. The van der Waals surface area contributed by atoms with E-state index in [0.29, 0.717) is 29.3 Å². The van der Waals surface area contributed by atoms with Gasteiger partial charge in [-0.25, -0.2) is 4.98 Å². The van der Waals surface area contributed by atoms with Crippen LogP contribution >= 0.6 is 0 Å². The lowest BCUT2D eigenvalue weighted by Gasteiger charge is -2.08. The van der Waals surface area contributed by atoms with Gasteiger partial charge in [0.2, 0.25) is 5.89 Å². The molecular formula is C22H16N3O5-. The number of hydrogen-bond donors (Lipinski definition) is 0. The lowest BCUT2D eigenvalue weighted by Crippen LogP contribution is -1.98. The van der Waals surface area contributed by atoms with E-state index in [1.165, 1.54) is 18.3 Å². The minimum absolute atomic E-state index is 0.138. The van der Waals surface area contributed by atoms with E-state index in [9.17, 15) is 15.2 Å². The van der Waals surface area contributed by atoms with E-state index in [-0.39, 0.29) is 17.0 Å². The molecular weight excluding hydrogens is 386 g/mol. The molecule has 0 amide bonds. The number of benzene rings is 3. The van der Waals surface area contributed by atoms with Gasteiger partial charge in [0.1, 0.15) is 11.3 Å². The van der Waals surface area contributed by atoms with E-state index in [1.807, 2.05) is 31.2 Å². The Morgan fingerprint density at radius 3 is 2.67 bits per heavy atom. The van der Waals surface area contributed by atoms with Gasteiger partial charge in [-0.1, -0.05) is 11.8 Å². The Kier molecular flexibility index (Phi) is 5.13. The molecule has 150 valence electrons. The van der Waals surface area contributed by atoms with Gasteiger partial charge >= 0.3 is 0 Å². The number of nitro benzene ring substituents is 1. The topological polar surface area (TPSA) is 114 Å². The van der Waals surface area contributed by atoms with Crippen LogP contribution in [0.2, 0.25) is 0 Å². The highest BCUT2D eigenvalue weighted by Gasteiger charge is 2.09. The zero-order chi connectivity index (χ0) is 21.1.